The summed E-state index contributed by atoms with van der Waals surface area (Å²) < 4.78 is 11.2. The number of ether oxygens (including phenoxy) is 2. The van der Waals surface area contributed by atoms with Crippen LogP contribution < -0.4 is 10.6 Å². The van der Waals surface area contributed by atoms with E-state index in [9.17, 15) is 4.79 Å². The van der Waals surface area contributed by atoms with Crippen LogP contribution in [-0.2, 0) is 14.3 Å². The van der Waals surface area contributed by atoms with E-state index in [2.05, 4.69) is 22.5 Å². The van der Waals surface area contributed by atoms with Crippen molar-refractivity contribution in [1.82, 2.24) is 15.5 Å². The molecule has 2 N–H and O–H groups in total. The van der Waals surface area contributed by atoms with Crippen LogP contribution in [0.5, 0.6) is 0 Å². The topological polar surface area (TPSA) is 62.8 Å². The average molecular weight is 271 g/mol. The van der Waals surface area contributed by atoms with Crippen LogP contribution in [0.25, 0.3) is 0 Å². The molecular weight excluding hydrogens is 246 g/mol. The van der Waals surface area contributed by atoms with Crippen molar-refractivity contribution >= 4 is 5.91 Å². The lowest BCUT2D eigenvalue weighted by atomic mass is 10.1. The first kappa shape index (κ1) is 14.7. The molecule has 0 saturated carbocycles. The number of nitrogens with one attached hydrogen (secondary N) is 2. The van der Waals surface area contributed by atoms with Gasteiger partial charge in [-0.2, -0.15) is 0 Å². The molecule has 19 heavy (non-hydrogen) atoms. The molecule has 110 valence electrons. The van der Waals surface area contributed by atoms with Gasteiger partial charge in [-0.15, -0.1) is 0 Å². The van der Waals surface area contributed by atoms with E-state index in [0.29, 0.717) is 13.2 Å². The van der Waals surface area contributed by atoms with Gasteiger partial charge in [-0.1, -0.05) is 6.92 Å². The number of hydrogen-bond donors (Lipinski definition) is 2. The van der Waals surface area contributed by atoms with E-state index in [1.54, 1.807) is 0 Å². The summed E-state index contributed by atoms with van der Waals surface area (Å²) in [5.41, 5.74) is 0. The summed E-state index contributed by atoms with van der Waals surface area (Å²) in [5, 5.41) is 6.27. The Morgan fingerprint density at radius 3 is 3.11 bits per heavy atom. The highest BCUT2D eigenvalue weighted by Crippen LogP contribution is 2.10. The molecule has 2 aliphatic heterocycles. The minimum absolute atomic E-state index is 0.0744. The molecule has 6 nitrogen and oxygen atoms in total. The number of nitrogens with zero attached hydrogens (tertiary/aromatic N) is 1. The van der Waals surface area contributed by atoms with Gasteiger partial charge in [0.15, 0.2) is 0 Å². The highest BCUT2D eigenvalue weighted by atomic mass is 16.5. The van der Waals surface area contributed by atoms with Crippen LogP contribution in [0.4, 0.5) is 0 Å². The Balaban J connectivity index is 1.85. The van der Waals surface area contributed by atoms with Gasteiger partial charge in [0.2, 0.25) is 5.91 Å². The van der Waals surface area contributed by atoms with Crippen molar-refractivity contribution < 1.29 is 14.3 Å². The van der Waals surface area contributed by atoms with Gasteiger partial charge in [0.25, 0.3) is 0 Å². The fraction of sp³-hybridized carbons (Fsp3) is 0.923. The third-order valence-corrected chi connectivity index (χ3v) is 3.53. The minimum atomic E-state index is -0.175. The standard InChI is InChI=1S/C13H25N3O3/c1-2-3-15-13(17)12-10-18-7-5-16(12)9-11-8-14-4-6-19-11/h11-12,14H,2-10H2,1H3,(H,15,17). The molecule has 6 heteroatoms. The lowest BCUT2D eigenvalue weighted by Crippen LogP contribution is -2.57. The summed E-state index contributed by atoms with van der Waals surface area (Å²) in [5.74, 6) is 0.0744. The van der Waals surface area contributed by atoms with Crippen LogP contribution in [0.3, 0.4) is 0 Å². The molecule has 2 fully saturated rings. The summed E-state index contributed by atoms with van der Waals surface area (Å²) in [7, 11) is 0. The number of morpholine rings is 2. The molecule has 0 aliphatic carbocycles. The van der Waals surface area contributed by atoms with Gasteiger partial charge in [-0.3, -0.25) is 9.69 Å². The summed E-state index contributed by atoms with van der Waals surface area (Å²) in [6.07, 6.45) is 1.13. The van der Waals surface area contributed by atoms with E-state index in [1.807, 2.05) is 0 Å². The zero-order valence-electron chi connectivity index (χ0n) is 11.7. The second-order valence-corrected chi connectivity index (χ2v) is 5.07. The minimum Gasteiger partial charge on any atom is -0.378 e. The van der Waals surface area contributed by atoms with Crippen LogP contribution in [0, 0.1) is 0 Å². The predicted octanol–water partition coefficient (Wildman–Crippen LogP) is -0.798. The van der Waals surface area contributed by atoms with Crippen molar-refractivity contribution in [1.29, 1.82) is 0 Å². The van der Waals surface area contributed by atoms with Crippen LogP contribution in [-0.4, -0.2) is 75.5 Å². The van der Waals surface area contributed by atoms with Gasteiger partial charge < -0.3 is 20.1 Å². The second-order valence-electron chi connectivity index (χ2n) is 5.07. The Labute approximate surface area is 114 Å². The first-order chi connectivity index (χ1) is 9.31. The van der Waals surface area contributed by atoms with Crippen LogP contribution in [0.2, 0.25) is 0 Å². The van der Waals surface area contributed by atoms with E-state index >= 15 is 0 Å². The summed E-state index contributed by atoms with van der Waals surface area (Å²) in [4.78, 5) is 14.3. The first-order valence-corrected chi connectivity index (χ1v) is 7.23. The average Bonchev–Trinajstić information content (AvgIpc) is 2.46. The van der Waals surface area contributed by atoms with Gasteiger partial charge >= 0.3 is 0 Å². The van der Waals surface area contributed by atoms with E-state index in [0.717, 1.165) is 45.8 Å². The molecule has 2 saturated heterocycles. The molecule has 0 bridgehead atoms. The van der Waals surface area contributed by atoms with Crippen molar-refractivity contribution in [2.24, 2.45) is 0 Å². The molecule has 2 heterocycles. The van der Waals surface area contributed by atoms with Gasteiger partial charge in [-0.25, -0.2) is 0 Å². The van der Waals surface area contributed by atoms with E-state index in [4.69, 9.17) is 9.47 Å². The Hall–Kier alpha value is -0.690. The highest BCUT2D eigenvalue weighted by molar-refractivity contribution is 5.82. The number of hydrogen-bond acceptors (Lipinski definition) is 5. The molecule has 0 radical (unpaired) electrons. The Bertz CT molecular complexity index is 282. The van der Waals surface area contributed by atoms with Crippen LogP contribution in [0.15, 0.2) is 0 Å². The van der Waals surface area contributed by atoms with E-state index in [1.165, 1.54) is 0 Å². The Kier molecular flexibility index (Phi) is 6.03. The molecule has 2 aliphatic rings. The van der Waals surface area contributed by atoms with Crippen LogP contribution >= 0.6 is 0 Å². The lowest BCUT2D eigenvalue weighted by Gasteiger charge is -2.37. The molecule has 2 unspecified atom stereocenters. The molecule has 0 aromatic rings. The lowest BCUT2D eigenvalue weighted by molar-refractivity contribution is -0.134. The molecule has 0 aromatic carbocycles. The van der Waals surface area contributed by atoms with Gasteiger partial charge in [0, 0.05) is 32.7 Å². The third kappa shape index (κ3) is 4.42. The molecule has 2 atom stereocenters. The maximum absolute atomic E-state index is 12.1. The molecule has 1 amide bonds. The monoisotopic (exact) mass is 271 g/mol. The van der Waals surface area contributed by atoms with Crippen molar-refractivity contribution in [2.75, 3.05) is 52.5 Å². The van der Waals surface area contributed by atoms with Gasteiger partial charge in [0.1, 0.15) is 6.04 Å². The molecule has 0 aromatic heterocycles. The van der Waals surface area contributed by atoms with Crippen molar-refractivity contribution in [3.8, 4) is 0 Å². The van der Waals surface area contributed by atoms with Crippen molar-refractivity contribution in [3.05, 3.63) is 0 Å². The maximum Gasteiger partial charge on any atom is 0.239 e. The molecular formula is C13H25N3O3. The zero-order chi connectivity index (χ0) is 13.5. The van der Waals surface area contributed by atoms with Gasteiger partial charge in [-0.05, 0) is 6.42 Å². The number of carbonyl (C=O) groups is 1. The van der Waals surface area contributed by atoms with Crippen LogP contribution in [0.1, 0.15) is 13.3 Å². The van der Waals surface area contributed by atoms with Crippen molar-refractivity contribution in [3.63, 3.8) is 0 Å². The molecule has 2 rings (SSSR count). The third-order valence-electron chi connectivity index (χ3n) is 3.53. The summed E-state index contributed by atoms with van der Waals surface area (Å²) in [6.45, 7) is 8.07. The normalized spacial score (nSPS) is 29.1. The largest absolute Gasteiger partial charge is 0.378 e. The maximum atomic E-state index is 12.1. The Morgan fingerprint density at radius 2 is 2.37 bits per heavy atom. The van der Waals surface area contributed by atoms with Crippen molar-refractivity contribution in [2.45, 2.75) is 25.5 Å². The summed E-state index contributed by atoms with van der Waals surface area (Å²) in [6, 6.07) is -0.175. The summed E-state index contributed by atoms with van der Waals surface area (Å²) >= 11 is 0. The molecule has 0 spiro atoms. The number of rotatable bonds is 5. The number of amides is 1. The van der Waals surface area contributed by atoms with Gasteiger partial charge in [0.05, 0.1) is 25.9 Å². The first-order valence-electron chi connectivity index (χ1n) is 7.23. The number of carbonyl (C=O) groups excluding carboxylic acids is 1. The fourth-order valence-corrected chi connectivity index (χ4v) is 2.46. The SMILES string of the molecule is CCCNC(=O)C1COCCN1CC1CNCCO1. The zero-order valence-corrected chi connectivity index (χ0v) is 11.7. The predicted molar refractivity (Wildman–Crippen MR) is 72.1 cm³/mol. The quantitative estimate of drug-likeness (QED) is 0.685. The Morgan fingerprint density at radius 1 is 1.47 bits per heavy atom. The second kappa shape index (κ2) is 7.79. The van der Waals surface area contributed by atoms with E-state index < -0.39 is 0 Å². The highest BCUT2D eigenvalue weighted by Gasteiger charge is 2.31. The smallest absolute Gasteiger partial charge is 0.239 e. The fourth-order valence-electron chi connectivity index (χ4n) is 2.46. The van der Waals surface area contributed by atoms with E-state index in [-0.39, 0.29) is 18.1 Å².